The van der Waals surface area contributed by atoms with E-state index in [2.05, 4.69) is 20.7 Å². The van der Waals surface area contributed by atoms with Crippen LogP contribution in [0.3, 0.4) is 0 Å². The van der Waals surface area contributed by atoms with Gasteiger partial charge in [-0.3, -0.25) is 0 Å². The minimum atomic E-state index is -0.613. The molecule has 3 aromatic carbocycles. The van der Waals surface area contributed by atoms with Crippen molar-refractivity contribution < 1.29 is 27.8 Å². The zero-order valence-corrected chi connectivity index (χ0v) is 30.4. The zero-order valence-electron chi connectivity index (χ0n) is 29.6. The van der Waals surface area contributed by atoms with E-state index in [-0.39, 0.29) is 41.0 Å². The number of aliphatic imine (C=N–C) groups is 1. The molecule has 1 fully saturated rings. The number of halogens is 3. The number of aromatic nitrogens is 2. The van der Waals surface area contributed by atoms with Gasteiger partial charge in [0.1, 0.15) is 29.6 Å². The van der Waals surface area contributed by atoms with Crippen molar-refractivity contribution in [3.05, 3.63) is 106 Å². The number of fused-ring (bicyclic) bond motifs is 1. The molecule has 4 N–H and O–H groups in total. The van der Waals surface area contributed by atoms with Crippen LogP contribution < -0.4 is 25.8 Å². The third kappa shape index (κ3) is 8.56. The molecule has 0 aliphatic heterocycles. The van der Waals surface area contributed by atoms with Gasteiger partial charge in [-0.25, -0.2) is 23.1 Å². The van der Waals surface area contributed by atoms with E-state index in [4.69, 9.17) is 31.5 Å². The van der Waals surface area contributed by atoms with Crippen LogP contribution in [0.15, 0.2) is 78.0 Å². The lowest BCUT2D eigenvalue weighted by Crippen LogP contribution is -2.38. The van der Waals surface area contributed by atoms with Crippen LogP contribution in [0.25, 0.3) is 16.6 Å². The van der Waals surface area contributed by atoms with Gasteiger partial charge in [0, 0.05) is 29.9 Å². The van der Waals surface area contributed by atoms with Crippen LogP contribution in [-0.4, -0.2) is 46.3 Å². The van der Waals surface area contributed by atoms with Crippen molar-refractivity contribution in [2.24, 2.45) is 10.7 Å². The predicted octanol–water partition coefficient (Wildman–Crippen LogP) is 8.72. The molecule has 1 aliphatic rings. The van der Waals surface area contributed by atoms with Crippen LogP contribution in [0.5, 0.6) is 11.5 Å². The molecule has 6 rings (SSSR count). The summed E-state index contributed by atoms with van der Waals surface area (Å²) in [6.45, 7) is 7.53. The molecule has 1 saturated carbocycles. The van der Waals surface area contributed by atoms with E-state index >= 15 is 4.39 Å². The Labute approximate surface area is 305 Å². The van der Waals surface area contributed by atoms with Crippen LogP contribution in [-0.2, 0) is 11.3 Å². The summed E-state index contributed by atoms with van der Waals surface area (Å²) in [6.07, 6.45) is 5.01. The first-order chi connectivity index (χ1) is 24.8. The molecule has 1 aliphatic carbocycles. The number of anilines is 1. The Bertz CT molecular complexity index is 2130. The fraction of sp³-hybridized carbons (Fsp3) is 0.308. The minimum Gasteiger partial charge on any atom is -0.497 e. The first kappa shape index (κ1) is 36.4. The van der Waals surface area contributed by atoms with Crippen LogP contribution >= 0.6 is 11.6 Å². The van der Waals surface area contributed by atoms with Gasteiger partial charge in [0.05, 0.1) is 40.8 Å². The Morgan fingerprint density at radius 2 is 1.83 bits per heavy atom. The van der Waals surface area contributed by atoms with Gasteiger partial charge >= 0.3 is 6.09 Å². The lowest BCUT2D eigenvalue weighted by Gasteiger charge is -2.22. The van der Waals surface area contributed by atoms with Crippen LogP contribution in [0.4, 0.5) is 25.0 Å². The van der Waals surface area contributed by atoms with Gasteiger partial charge in [-0.2, -0.15) is 5.10 Å². The van der Waals surface area contributed by atoms with Gasteiger partial charge in [-0.15, -0.1) is 0 Å². The van der Waals surface area contributed by atoms with Crippen LogP contribution in [0.1, 0.15) is 56.7 Å². The monoisotopic (exact) mass is 730 g/mol. The number of hydrogen-bond donors (Lipinski definition) is 3. The summed E-state index contributed by atoms with van der Waals surface area (Å²) in [6, 6.07) is 16.1. The molecule has 272 valence electrons. The summed E-state index contributed by atoms with van der Waals surface area (Å²) in [5, 5.41) is 11.4. The summed E-state index contributed by atoms with van der Waals surface area (Å²) in [5.74, 6) is -0.0830. The molecule has 2 atom stereocenters. The fourth-order valence-electron chi connectivity index (χ4n) is 6.19. The molecule has 0 bridgehead atoms. The van der Waals surface area contributed by atoms with E-state index < -0.39 is 23.3 Å². The molecular formula is C39H41ClF2N6O4. The van der Waals surface area contributed by atoms with Crippen molar-refractivity contribution in [3.8, 4) is 22.6 Å². The summed E-state index contributed by atoms with van der Waals surface area (Å²) in [7, 11) is 1.60. The summed E-state index contributed by atoms with van der Waals surface area (Å²) in [5.41, 5.74) is 10.9. The molecule has 10 nitrogen and oxygen atoms in total. The van der Waals surface area contributed by atoms with E-state index in [0.29, 0.717) is 34.3 Å². The molecule has 0 unspecified atom stereocenters. The molecule has 1 amide bonds. The third-order valence-corrected chi connectivity index (χ3v) is 9.03. The fourth-order valence-corrected chi connectivity index (χ4v) is 6.35. The number of hydrogen-bond acceptors (Lipinski definition) is 7. The Balaban J connectivity index is 1.31. The third-order valence-electron chi connectivity index (χ3n) is 8.71. The smallest absolute Gasteiger partial charge is 0.407 e. The highest BCUT2D eigenvalue weighted by atomic mass is 35.5. The van der Waals surface area contributed by atoms with Crippen molar-refractivity contribution in [2.75, 3.05) is 12.4 Å². The summed E-state index contributed by atoms with van der Waals surface area (Å²) in [4.78, 5) is 16.9. The van der Waals surface area contributed by atoms with Crippen molar-refractivity contribution in [3.63, 3.8) is 0 Å². The molecule has 0 spiro atoms. The number of rotatable bonds is 10. The number of carbonyl (C=O) groups excluding carboxylic acids is 1. The number of ether oxygens (including phenoxy) is 3. The van der Waals surface area contributed by atoms with Crippen molar-refractivity contribution >= 4 is 40.4 Å². The molecule has 5 aromatic rings. The van der Waals surface area contributed by atoms with E-state index in [0.717, 1.165) is 29.7 Å². The second kappa shape index (κ2) is 15.1. The Morgan fingerprint density at radius 3 is 2.56 bits per heavy atom. The van der Waals surface area contributed by atoms with Crippen molar-refractivity contribution in [2.45, 2.75) is 71.2 Å². The number of amidine groups is 1. The van der Waals surface area contributed by atoms with Crippen LogP contribution in [0, 0.1) is 18.6 Å². The topological polar surface area (TPSA) is 124 Å². The van der Waals surface area contributed by atoms with E-state index in [1.54, 1.807) is 23.9 Å². The first-order valence-corrected chi connectivity index (χ1v) is 17.3. The highest BCUT2D eigenvalue weighted by molar-refractivity contribution is 6.33. The molecule has 0 saturated heterocycles. The first-order valence-electron chi connectivity index (χ1n) is 16.9. The largest absolute Gasteiger partial charge is 0.497 e. The molecule has 13 heteroatoms. The maximum absolute atomic E-state index is 15.5. The normalized spacial score (nSPS) is 16.2. The second-order valence-corrected chi connectivity index (χ2v) is 14.2. The van der Waals surface area contributed by atoms with Crippen LogP contribution in [0.2, 0.25) is 5.02 Å². The number of amides is 1. The number of nitrogens with two attached hydrogens (primary N) is 1. The highest BCUT2D eigenvalue weighted by Gasteiger charge is 2.29. The van der Waals surface area contributed by atoms with E-state index in [9.17, 15) is 9.18 Å². The quantitative estimate of drug-likeness (QED) is 0.0970. The van der Waals surface area contributed by atoms with E-state index in [1.807, 2.05) is 64.2 Å². The average molecular weight is 731 g/mol. The number of nitrogens with one attached hydrogen (secondary N) is 2. The number of carbonyl (C=O) groups is 1. The number of aryl methyl sites for hydroxylation is 1. The Kier molecular flexibility index (Phi) is 10.6. The lowest BCUT2D eigenvalue weighted by atomic mass is 10.0. The Morgan fingerprint density at radius 1 is 1.08 bits per heavy atom. The summed E-state index contributed by atoms with van der Waals surface area (Å²) < 4.78 is 47.8. The number of methoxy groups -OCH3 is 1. The maximum Gasteiger partial charge on any atom is 0.407 e. The number of alkyl carbamates (subject to hydrolysis) is 1. The van der Waals surface area contributed by atoms with Gasteiger partial charge in [0.15, 0.2) is 11.6 Å². The predicted molar refractivity (Wildman–Crippen MR) is 199 cm³/mol. The minimum absolute atomic E-state index is 0.0601. The van der Waals surface area contributed by atoms with Crippen molar-refractivity contribution in [1.29, 1.82) is 0 Å². The van der Waals surface area contributed by atoms with Gasteiger partial charge in [0.25, 0.3) is 0 Å². The average Bonchev–Trinajstić information content (AvgIpc) is 3.73. The standard InChI is InChI=1S/C39H41ClF2N6O4/c1-22-14-35(51-21-23-6-11-28(50-5)12-7-23)32(42)18-29(22)24-15-34-36(45-26-9-10-27(17-26)46-38(49)52-39(2,3)4)30(19-44-48(34)20-24)37(43)47-33-16-25(41)8-13-31(33)40/h6-8,11-16,18-20,26-27,45H,9-10,17,21H2,1-5H3,(H2,43,47)(H,46,49)/t26-,27+/m1/s1. The van der Waals surface area contributed by atoms with Gasteiger partial charge in [0.2, 0.25) is 0 Å². The summed E-state index contributed by atoms with van der Waals surface area (Å²) >= 11 is 6.32. The molecule has 0 radical (unpaired) electrons. The number of nitrogens with zero attached hydrogens (tertiary/aromatic N) is 3. The Hall–Kier alpha value is -5.36. The molecule has 2 heterocycles. The maximum atomic E-state index is 15.5. The molecule has 52 heavy (non-hydrogen) atoms. The number of benzene rings is 3. The van der Waals surface area contributed by atoms with Gasteiger partial charge < -0.3 is 30.6 Å². The lowest BCUT2D eigenvalue weighted by molar-refractivity contribution is 0.0505. The zero-order chi connectivity index (χ0) is 37.2. The SMILES string of the molecule is COc1ccc(COc2cc(C)c(-c3cc4c(N[C@@H]5CC[C@H](NC(=O)OC(C)(C)C)C5)c(/C(N)=N/c5cc(F)ccc5Cl)cnn4c3)cc2F)cc1. The van der Waals surface area contributed by atoms with Crippen molar-refractivity contribution in [1.82, 2.24) is 14.9 Å². The van der Waals surface area contributed by atoms with E-state index in [1.165, 1.54) is 24.3 Å². The van der Waals surface area contributed by atoms with Gasteiger partial charge in [-0.05, 0) is 106 Å². The highest BCUT2D eigenvalue weighted by Crippen LogP contribution is 2.36. The molecule has 2 aromatic heterocycles. The van der Waals surface area contributed by atoms with Gasteiger partial charge in [-0.1, -0.05) is 23.7 Å². The molecular weight excluding hydrogens is 690 g/mol. The second-order valence-electron chi connectivity index (χ2n) is 13.8.